The average Bonchev–Trinajstić information content (AvgIpc) is 3.16. The molecule has 1 fully saturated rings. The quantitative estimate of drug-likeness (QED) is 0.684. The number of halogens is 1. The third-order valence-electron chi connectivity index (χ3n) is 4.74. The molecule has 0 N–H and O–H groups in total. The van der Waals surface area contributed by atoms with Crippen molar-refractivity contribution in [3.8, 4) is 11.6 Å². The molecular weight excluding hydrogens is 363 g/mol. The molecule has 0 unspecified atom stereocenters. The number of likely N-dealkylation sites (tertiary alicyclic amines) is 1. The van der Waals surface area contributed by atoms with Crippen LogP contribution >= 0.6 is 0 Å². The van der Waals surface area contributed by atoms with E-state index in [0.29, 0.717) is 49.1 Å². The summed E-state index contributed by atoms with van der Waals surface area (Å²) in [5.74, 6) is 0.341. The summed E-state index contributed by atoms with van der Waals surface area (Å²) in [5.41, 5.74) is 0.995. The van der Waals surface area contributed by atoms with Crippen LogP contribution in [0.4, 0.5) is 4.39 Å². The van der Waals surface area contributed by atoms with Gasteiger partial charge in [0, 0.05) is 38.3 Å². The lowest BCUT2D eigenvalue weighted by atomic mass is 9.93. The van der Waals surface area contributed by atoms with Crippen LogP contribution in [0.5, 0.6) is 11.6 Å². The largest absolute Gasteiger partial charge is 0.448 e. The Morgan fingerprint density at radius 1 is 1.21 bits per heavy atom. The van der Waals surface area contributed by atoms with E-state index < -0.39 is 5.82 Å². The lowest BCUT2D eigenvalue weighted by molar-refractivity contribution is 0.0705. The number of carbonyl (C=O) groups is 1. The maximum atomic E-state index is 13.9. The van der Waals surface area contributed by atoms with E-state index in [0.717, 1.165) is 0 Å². The Balaban J connectivity index is 1.46. The Hall–Kier alpha value is -3.29. The Bertz CT molecular complexity index is 983. The van der Waals surface area contributed by atoms with Gasteiger partial charge < -0.3 is 14.1 Å². The highest BCUT2D eigenvalue weighted by atomic mass is 19.1. The molecule has 0 spiro atoms. The number of ether oxygens (including phenoxy) is 1. The first kappa shape index (κ1) is 18.1. The molecule has 1 saturated heterocycles. The zero-order valence-corrected chi connectivity index (χ0v) is 15.3. The van der Waals surface area contributed by atoms with Gasteiger partial charge in [0.1, 0.15) is 12.0 Å². The summed E-state index contributed by atoms with van der Waals surface area (Å²) in [5, 5.41) is 0. The summed E-state index contributed by atoms with van der Waals surface area (Å²) in [6.45, 7) is 2.82. The van der Waals surface area contributed by atoms with E-state index in [1.807, 2.05) is 0 Å². The molecule has 4 rings (SSSR count). The minimum absolute atomic E-state index is 0.0681. The van der Waals surface area contributed by atoms with Crippen molar-refractivity contribution in [2.75, 3.05) is 13.1 Å². The van der Waals surface area contributed by atoms with Crippen molar-refractivity contribution in [2.24, 2.45) is 0 Å². The molecular formula is C20H19FN4O3. The highest BCUT2D eigenvalue weighted by Gasteiger charge is 2.29. The number of hydrogen-bond donors (Lipinski definition) is 0. The predicted octanol–water partition coefficient (Wildman–Crippen LogP) is 3.72. The smallest absolute Gasteiger partial charge is 0.275 e. The second kappa shape index (κ2) is 7.75. The lowest BCUT2D eigenvalue weighted by Crippen LogP contribution is -2.38. The number of amides is 1. The Morgan fingerprint density at radius 3 is 2.68 bits per heavy atom. The van der Waals surface area contributed by atoms with Gasteiger partial charge in [0.15, 0.2) is 23.2 Å². The van der Waals surface area contributed by atoms with Gasteiger partial charge in [-0.05, 0) is 25.0 Å². The second-order valence-corrected chi connectivity index (χ2v) is 6.60. The van der Waals surface area contributed by atoms with Crippen molar-refractivity contribution >= 4 is 5.91 Å². The Morgan fingerprint density at radius 2 is 1.96 bits per heavy atom. The monoisotopic (exact) mass is 382 g/mol. The summed E-state index contributed by atoms with van der Waals surface area (Å²) in [4.78, 5) is 27.0. The number of hydrogen-bond acceptors (Lipinski definition) is 6. The SMILES string of the molecule is Cc1nc(C(=O)N2CCC(c3nccnc3Oc3ccccc3F)CC2)co1. The molecule has 1 aliphatic rings. The molecule has 0 aliphatic carbocycles. The summed E-state index contributed by atoms with van der Waals surface area (Å²) < 4.78 is 24.7. The molecule has 8 heteroatoms. The van der Waals surface area contributed by atoms with Crippen LogP contribution in [0.25, 0.3) is 0 Å². The van der Waals surface area contributed by atoms with Gasteiger partial charge in [-0.25, -0.2) is 14.4 Å². The molecule has 0 radical (unpaired) electrons. The van der Waals surface area contributed by atoms with E-state index >= 15 is 0 Å². The molecule has 0 bridgehead atoms. The standard InChI is InChI=1S/C20H19FN4O3/c1-13-24-16(12-27-13)20(26)25-10-6-14(7-11-25)18-19(23-9-8-22-18)28-17-5-3-2-4-15(17)21/h2-5,8-9,12,14H,6-7,10-11H2,1H3. The van der Waals surface area contributed by atoms with Gasteiger partial charge in [-0.2, -0.15) is 0 Å². The number of carbonyl (C=O) groups excluding carboxylic acids is 1. The van der Waals surface area contributed by atoms with Crippen LogP contribution in [0.2, 0.25) is 0 Å². The first-order valence-corrected chi connectivity index (χ1v) is 9.06. The van der Waals surface area contributed by atoms with Crippen molar-refractivity contribution in [2.45, 2.75) is 25.7 Å². The highest BCUT2D eigenvalue weighted by molar-refractivity contribution is 5.92. The van der Waals surface area contributed by atoms with Crippen LogP contribution in [-0.4, -0.2) is 38.8 Å². The first-order chi connectivity index (χ1) is 13.6. The number of benzene rings is 1. The third kappa shape index (κ3) is 3.71. The van der Waals surface area contributed by atoms with Crippen LogP contribution in [0.15, 0.2) is 47.3 Å². The number of aryl methyl sites for hydroxylation is 1. The van der Waals surface area contributed by atoms with Crippen molar-refractivity contribution in [3.05, 3.63) is 66.0 Å². The van der Waals surface area contributed by atoms with Crippen molar-refractivity contribution in [3.63, 3.8) is 0 Å². The zero-order valence-electron chi connectivity index (χ0n) is 15.3. The summed E-state index contributed by atoms with van der Waals surface area (Å²) >= 11 is 0. The topological polar surface area (TPSA) is 81.4 Å². The average molecular weight is 382 g/mol. The summed E-state index contributed by atoms with van der Waals surface area (Å²) in [7, 11) is 0. The van der Waals surface area contributed by atoms with Gasteiger partial charge in [0.2, 0.25) is 5.88 Å². The Labute approximate surface area is 161 Å². The lowest BCUT2D eigenvalue weighted by Gasteiger charge is -2.31. The van der Waals surface area contributed by atoms with E-state index in [-0.39, 0.29) is 17.6 Å². The van der Waals surface area contributed by atoms with Crippen LogP contribution in [0.1, 0.15) is 40.8 Å². The van der Waals surface area contributed by atoms with Crippen LogP contribution in [0.3, 0.4) is 0 Å². The van der Waals surface area contributed by atoms with Gasteiger partial charge in [-0.1, -0.05) is 12.1 Å². The van der Waals surface area contributed by atoms with Crippen LogP contribution in [0, 0.1) is 12.7 Å². The molecule has 144 valence electrons. The van der Waals surface area contributed by atoms with E-state index in [1.54, 1.807) is 36.2 Å². The van der Waals surface area contributed by atoms with Crippen molar-refractivity contribution in [1.82, 2.24) is 19.9 Å². The number of rotatable bonds is 4. The van der Waals surface area contributed by atoms with Gasteiger partial charge in [-0.3, -0.25) is 9.78 Å². The molecule has 28 heavy (non-hydrogen) atoms. The van der Waals surface area contributed by atoms with E-state index in [1.165, 1.54) is 18.5 Å². The predicted molar refractivity (Wildman–Crippen MR) is 97.6 cm³/mol. The number of piperidine rings is 1. The molecule has 0 atom stereocenters. The molecule has 2 aromatic heterocycles. The molecule has 3 aromatic rings. The Kier molecular flexibility index (Phi) is 5.01. The highest BCUT2D eigenvalue weighted by Crippen LogP contribution is 2.34. The second-order valence-electron chi connectivity index (χ2n) is 6.60. The molecule has 1 amide bonds. The first-order valence-electron chi connectivity index (χ1n) is 9.06. The molecule has 1 aromatic carbocycles. The third-order valence-corrected chi connectivity index (χ3v) is 4.74. The fourth-order valence-electron chi connectivity index (χ4n) is 3.31. The van der Waals surface area contributed by atoms with Crippen molar-refractivity contribution < 1.29 is 18.3 Å². The maximum Gasteiger partial charge on any atom is 0.275 e. The minimum atomic E-state index is -0.456. The van der Waals surface area contributed by atoms with E-state index in [2.05, 4.69) is 15.0 Å². The maximum absolute atomic E-state index is 13.9. The van der Waals surface area contributed by atoms with Crippen LogP contribution in [-0.2, 0) is 0 Å². The van der Waals surface area contributed by atoms with E-state index in [9.17, 15) is 9.18 Å². The molecule has 7 nitrogen and oxygen atoms in total. The molecule has 3 heterocycles. The molecule has 0 saturated carbocycles. The van der Waals surface area contributed by atoms with Gasteiger partial charge in [0.05, 0.1) is 0 Å². The van der Waals surface area contributed by atoms with Gasteiger partial charge in [-0.15, -0.1) is 0 Å². The normalized spacial score (nSPS) is 14.9. The van der Waals surface area contributed by atoms with E-state index in [4.69, 9.17) is 9.15 Å². The van der Waals surface area contributed by atoms with Gasteiger partial charge in [0.25, 0.3) is 5.91 Å². The summed E-state index contributed by atoms with van der Waals surface area (Å²) in [6, 6.07) is 6.18. The van der Waals surface area contributed by atoms with Crippen molar-refractivity contribution in [1.29, 1.82) is 0 Å². The fourth-order valence-corrected chi connectivity index (χ4v) is 3.31. The number of oxazole rings is 1. The number of nitrogens with zero attached hydrogens (tertiary/aromatic N) is 4. The van der Waals surface area contributed by atoms with Crippen LogP contribution < -0.4 is 4.74 Å². The minimum Gasteiger partial charge on any atom is -0.448 e. The molecule has 1 aliphatic heterocycles. The number of para-hydroxylation sites is 1. The summed E-state index contributed by atoms with van der Waals surface area (Å²) in [6.07, 6.45) is 5.90. The number of aromatic nitrogens is 3. The van der Waals surface area contributed by atoms with Gasteiger partial charge >= 0.3 is 0 Å². The zero-order chi connectivity index (χ0) is 19.5. The fraction of sp³-hybridized carbons (Fsp3) is 0.300.